The minimum absolute atomic E-state index is 0.0662. The van der Waals surface area contributed by atoms with Gasteiger partial charge in [-0.1, -0.05) is 0 Å². The molecule has 136 valence electrons. The number of nitrogens with zero attached hydrogens (tertiary/aromatic N) is 3. The Bertz CT molecular complexity index is 1110. The maximum atomic E-state index is 12.2. The molecule has 2 aromatic carbocycles. The van der Waals surface area contributed by atoms with Gasteiger partial charge in [-0.15, -0.1) is 11.3 Å². The first kappa shape index (κ1) is 17.9. The van der Waals surface area contributed by atoms with E-state index in [1.807, 2.05) is 0 Å². The third-order valence-corrected chi connectivity index (χ3v) is 4.64. The molecule has 0 radical (unpaired) electrons. The summed E-state index contributed by atoms with van der Waals surface area (Å²) < 4.78 is 0.700. The van der Waals surface area contributed by atoms with Crippen molar-refractivity contribution >= 4 is 44.9 Å². The van der Waals surface area contributed by atoms with E-state index in [9.17, 15) is 30.1 Å². The van der Waals surface area contributed by atoms with Crippen molar-refractivity contribution < 1.29 is 19.7 Å². The highest BCUT2D eigenvalue weighted by Crippen LogP contribution is 2.29. The highest BCUT2D eigenvalue weighted by Gasteiger charge is 2.13. The number of rotatable bonds is 5. The summed E-state index contributed by atoms with van der Waals surface area (Å²) in [6.07, 6.45) is 1.08. The number of nitrogens with one attached hydrogen (secondary N) is 1. The maximum Gasteiger partial charge on any atom is 0.281 e. The fourth-order valence-corrected chi connectivity index (χ4v) is 3.16. The molecule has 0 aliphatic carbocycles. The molecule has 0 atom stereocenters. The second-order valence-electron chi connectivity index (χ2n) is 5.29. The van der Waals surface area contributed by atoms with Crippen LogP contribution in [0, 0.1) is 20.2 Å². The zero-order chi connectivity index (χ0) is 19.6. The number of nitro benzene ring substituents is 2. The van der Waals surface area contributed by atoms with E-state index < -0.39 is 15.8 Å². The Balaban J connectivity index is 1.77. The molecule has 1 heterocycles. The second kappa shape index (κ2) is 7.17. The van der Waals surface area contributed by atoms with Gasteiger partial charge in [-0.25, -0.2) is 5.43 Å². The van der Waals surface area contributed by atoms with Gasteiger partial charge in [-0.3, -0.25) is 25.0 Å². The molecule has 3 rings (SSSR count). The number of aromatic hydroxyl groups is 1. The van der Waals surface area contributed by atoms with Crippen LogP contribution in [0.4, 0.5) is 11.4 Å². The number of benzene rings is 2. The van der Waals surface area contributed by atoms with Gasteiger partial charge in [0.1, 0.15) is 5.75 Å². The molecule has 0 aliphatic rings. The van der Waals surface area contributed by atoms with Crippen molar-refractivity contribution in [3.8, 4) is 5.75 Å². The first-order valence-electron chi connectivity index (χ1n) is 7.34. The minimum atomic E-state index is -0.619. The first-order valence-corrected chi connectivity index (χ1v) is 8.15. The van der Waals surface area contributed by atoms with Gasteiger partial charge in [0.2, 0.25) is 0 Å². The predicted octanol–water partition coefficient (Wildman–Crippen LogP) is 3.19. The summed E-state index contributed by atoms with van der Waals surface area (Å²) in [5.41, 5.74) is 2.01. The van der Waals surface area contributed by atoms with Crippen molar-refractivity contribution in [2.75, 3.05) is 0 Å². The molecule has 0 unspecified atom stereocenters. The third-order valence-electron chi connectivity index (χ3n) is 3.53. The zero-order valence-corrected chi connectivity index (χ0v) is 14.2. The molecule has 2 N–H and O–H groups in total. The highest BCUT2D eigenvalue weighted by atomic mass is 32.1. The number of thiophene rings is 1. The van der Waals surface area contributed by atoms with Gasteiger partial charge < -0.3 is 5.11 Å². The maximum absolute atomic E-state index is 12.2. The van der Waals surface area contributed by atoms with Gasteiger partial charge in [-0.2, -0.15) is 5.10 Å². The molecule has 0 aliphatic heterocycles. The Kier molecular flexibility index (Phi) is 4.77. The second-order valence-corrected chi connectivity index (χ2v) is 6.37. The number of hydrazone groups is 1. The number of carbonyl (C=O) groups is 1. The van der Waals surface area contributed by atoms with E-state index in [1.165, 1.54) is 18.2 Å². The SMILES string of the molecule is O=C(N/N=C/c1cc([N+](=O)[O-])ccc1O)c1cc2cc([N+](=O)[O-])ccc2s1. The van der Waals surface area contributed by atoms with Gasteiger partial charge in [0.05, 0.1) is 20.9 Å². The number of fused-ring (bicyclic) bond motifs is 1. The van der Waals surface area contributed by atoms with Gasteiger partial charge >= 0.3 is 0 Å². The van der Waals surface area contributed by atoms with Crippen molar-refractivity contribution in [2.45, 2.75) is 0 Å². The predicted molar refractivity (Wildman–Crippen MR) is 98.3 cm³/mol. The van der Waals surface area contributed by atoms with Crippen LogP contribution in [0.5, 0.6) is 5.75 Å². The van der Waals surface area contributed by atoms with E-state index in [2.05, 4.69) is 10.5 Å². The highest BCUT2D eigenvalue weighted by molar-refractivity contribution is 7.20. The molecule has 0 bridgehead atoms. The zero-order valence-electron chi connectivity index (χ0n) is 13.4. The summed E-state index contributed by atoms with van der Waals surface area (Å²) in [5, 5.41) is 35.5. The van der Waals surface area contributed by atoms with Crippen LogP contribution in [0.3, 0.4) is 0 Å². The van der Waals surface area contributed by atoms with E-state index >= 15 is 0 Å². The Morgan fingerprint density at radius 2 is 1.74 bits per heavy atom. The summed E-state index contributed by atoms with van der Waals surface area (Å²) in [5.74, 6) is -0.784. The smallest absolute Gasteiger partial charge is 0.281 e. The molecule has 27 heavy (non-hydrogen) atoms. The standard InChI is InChI=1S/C16H10N4O6S/c21-13-3-1-11(19(23)24)6-10(13)8-17-18-16(22)15-7-9-5-12(20(25)26)2-4-14(9)27-15/h1-8,21H,(H,18,22)/b17-8+. The molecule has 0 saturated heterocycles. The van der Waals surface area contributed by atoms with Crippen molar-refractivity contribution in [3.05, 3.63) is 73.1 Å². The Morgan fingerprint density at radius 1 is 1.07 bits per heavy atom. The van der Waals surface area contributed by atoms with E-state index in [0.29, 0.717) is 10.1 Å². The van der Waals surface area contributed by atoms with Crippen molar-refractivity contribution in [1.82, 2.24) is 5.43 Å². The van der Waals surface area contributed by atoms with E-state index in [0.717, 1.165) is 35.8 Å². The summed E-state index contributed by atoms with van der Waals surface area (Å²) in [4.78, 5) is 32.9. The lowest BCUT2D eigenvalue weighted by Gasteiger charge is -1.99. The van der Waals surface area contributed by atoms with Crippen LogP contribution in [0.2, 0.25) is 0 Å². The Labute approximate surface area is 154 Å². The largest absolute Gasteiger partial charge is 0.507 e. The van der Waals surface area contributed by atoms with Crippen LogP contribution in [-0.2, 0) is 0 Å². The fourth-order valence-electron chi connectivity index (χ4n) is 2.23. The van der Waals surface area contributed by atoms with Gasteiger partial charge in [-0.05, 0) is 18.2 Å². The lowest BCUT2D eigenvalue weighted by Crippen LogP contribution is -2.16. The number of hydrogen-bond donors (Lipinski definition) is 2. The van der Waals surface area contributed by atoms with Crippen LogP contribution in [0.25, 0.3) is 10.1 Å². The average Bonchev–Trinajstić information content (AvgIpc) is 3.06. The molecule has 10 nitrogen and oxygen atoms in total. The average molecular weight is 386 g/mol. The third kappa shape index (κ3) is 3.88. The van der Waals surface area contributed by atoms with Crippen LogP contribution in [0.1, 0.15) is 15.2 Å². The molecular weight excluding hydrogens is 376 g/mol. The number of nitro groups is 2. The fraction of sp³-hybridized carbons (Fsp3) is 0. The minimum Gasteiger partial charge on any atom is -0.507 e. The normalized spacial score (nSPS) is 11.0. The molecule has 0 fully saturated rings. The van der Waals surface area contributed by atoms with Gasteiger partial charge in [0.25, 0.3) is 17.3 Å². The van der Waals surface area contributed by atoms with E-state index in [4.69, 9.17) is 0 Å². The quantitative estimate of drug-likeness (QED) is 0.391. The Morgan fingerprint density at radius 3 is 2.44 bits per heavy atom. The molecule has 3 aromatic rings. The monoisotopic (exact) mass is 386 g/mol. The number of amides is 1. The van der Waals surface area contributed by atoms with E-state index in [-0.39, 0.29) is 27.6 Å². The summed E-state index contributed by atoms with van der Waals surface area (Å²) >= 11 is 1.13. The number of hydrogen-bond acceptors (Lipinski definition) is 8. The summed E-state index contributed by atoms with van der Waals surface area (Å²) in [6.45, 7) is 0. The summed E-state index contributed by atoms with van der Waals surface area (Å²) in [7, 11) is 0. The van der Waals surface area contributed by atoms with Crippen molar-refractivity contribution in [3.63, 3.8) is 0 Å². The molecule has 0 spiro atoms. The number of non-ortho nitro benzene ring substituents is 2. The number of carbonyl (C=O) groups excluding carboxylic acids is 1. The van der Waals surface area contributed by atoms with Gasteiger partial charge in [0.15, 0.2) is 0 Å². The molecule has 1 amide bonds. The Hall–Kier alpha value is -3.86. The van der Waals surface area contributed by atoms with Crippen LogP contribution >= 0.6 is 11.3 Å². The van der Waals surface area contributed by atoms with Crippen LogP contribution < -0.4 is 5.43 Å². The van der Waals surface area contributed by atoms with Crippen molar-refractivity contribution in [1.29, 1.82) is 0 Å². The first-order chi connectivity index (χ1) is 12.8. The topological polar surface area (TPSA) is 148 Å². The van der Waals surface area contributed by atoms with Crippen molar-refractivity contribution in [2.24, 2.45) is 5.10 Å². The van der Waals surface area contributed by atoms with E-state index in [1.54, 1.807) is 6.07 Å². The molecule has 0 saturated carbocycles. The summed E-state index contributed by atoms with van der Waals surface area (Å²) in [6, 6.07) is 9.18. The van der Waals surface area contributed by atoms with Crippen LogP contribution in [-0.4, -0.2) is 27.1 Å². The molecule has 11 heteroatoms. The lowest BCUT2D eigenvalue weighted by molar-refractivity contribution is -0.385. The molecule has 1 aromatic heterocycles. The van der Waals surface area contributed by atoms with Crippen LogP contribution in [0.15, 0.2) is 47.6 Å². The van der Waals surface area contributed by atoms with Gasteiger partial charge in [0, 0.05) is 39.9 Å². The molecular formula is C16H10N4O6S. The number of phenolic OH excluding ortho intramolecular Hbond substituents is 1. The number of phenols is 1. The lowest BCUT2D eigenvalue weighted by atomic mass is 10.2.